The fourth-order valence-electron chi connectivity index (χ4n) is 2.05. The predicted octanol–water partition coefficient (Wildman–Crippen LogP) is 2.15. The SMILES string of the molecule is CN(CCNC(=O)CCCCCCN)c1ccccc1. The van der Waals surface area contributed by atoms with Crippen molar-refractivity contribution in [2.45, 2.75) is 32.1 Å². The number of benzene rings is 1. The largest absolute Gasteiger partial charge is 0.373 e. The number of likely N-dealkylation sites (N-methyl/N-ethyl adjacent to an activating group) is 1. The maximum atomic E-state index is 11.6. The van der Waals surface area contributed by atoms with E-state index in [1.165, 1.54) is 5.69 Å². The van der Waals surface area contributed by atoms with Crippen LogP contribution in [0.5, 0.6) is 0 Å². The van der Waals surface area contributed by atoms with Crippen LogP contribution in [0.3, 0.4) is 0 Å². The molecule has 4 heteroatoms. The summed E-state index contributed by atoms with van der Waals surface area (Å²) in [6, 6.07) is 10.2. The van der Waals surface area contributed by atoms with E-state index in [2.05, 4.69) is 22.3 Å². The van der Waals surface area contributed by atoms with Crippen LogP contribution in [-0.4, -0.2) is 32.6 Å². The molecule has 112 valence electrons. The number of anilines is 1. The van der Waals surface area contributed by atoms with Crippen LogP contribution in [0.2, 0.25) is 0 Å². The van der Waals surface area contributed by atoms with Crippen molar-refractivity contribution in [2.75, 3.05) is 31.6 Å². The second-order valence-corrected chi connectivity index (χ2v) is 5.06. The Bertz CT molecular complexity index is 367. The van der Waals surface area contributed by atoms with E-state index >= 15 is 0 Å². The van der Waals surface area contributed by atoms with Crippen molar-refractivity contribution in [2.24, 2.45) is 5.73 Å². The van der Waals surface area contributed by atoms with Crippen LogP contribution in [0.1, 0.15) is 32.1 Å². The third-order valence-electron chi connectivity index (χ3n) is 3.32. The third-order valence-corrected chi connectivity index (χ3v) is 3.32. The van der Waals surface area contributed by atoms with Crippen LogP contribution in [0.25, 0.3) is 0 Å². The van der Waals surface area contributed by atoms with E-state index in [0.717, 1.165) is 38.8 Å². The Labute approximate surface area is 122 Å². The highest BCUT2D eigenvalue weighted by atomic mass is 16.1. The van der Waals surface area contributed by atoms with E-state index in [4.69, 9.17) is 5.73 Å². The van der Waals surface area contributed by atoms with E-state index in [-0.39, 0.29) is 5.91 Å². The molecule has 0 heterocycles. The lowest BCUT2D eigenvalue weighted by Crippen LogP contribution is -2.32. The molecule has 0 fully saturated rings. The standard InChI is InChI=1S/C16H27N3O/c1-19(15-9-5-4-6-10-15)14-13-18-16(20)11-7-2-3-8-12-17/h4-6,9-10H,2-3,7-8,11-14,17H2,1H3,(H,18,20). The summed E-state index contributed by atoms with van der Waals surface area (Å²) in [5, 5.41) is 2.97. The van der Waals surface area contributed by atoms with Gasteiger partial charge in [0.2, 0.25) is 5.91 Å². The van der Waals surface area contributed by atoms with Crippen molar-refractivity contribution in [3.05, 3.63) is 30.3 Å². The molecule has 0 radical (unpaired) electrons. The zero-order valence-corrected chi connectivity index (χ0v) is 12.5. The molecule has 4 nitrogen and oxygen atoms in total. The number of para-hydroxylation sites is 1. The average Bonchev–Trinajstić information content (AvgIpc) is 2.48. The van der Waals surface area contributed by atoms with Crippen LogP contribution in [0.15, 0.2) is 30.3 Å². The van der Waals surface area contributed by atoms with Gasteiger partial charge in [0.05, 0.1) is 0 Å². The van der Waals surface area contributed by atoms with E-state index in [1.807, 2.05) is 25.2 Å². The van der Waals surface area contributed by atoms with Crippen LogP contribution < -0.4 is 16.0 Å². The van der Waals surface area contributed by atoms with Crippen LogP contribution in [0.4, 0.5) is 5.69 Å². The Morgan fingerprint density at radius 2 is 1.85 bits per heavy atom. The van der Waals surface area contributed by atoms with Crippen molar-refractivity contribution >= 4 is 11.6 Å². The van der Waals surface area contributed by atoms with Crippen molar-refractivity contribution < 1.29 is 4.79 Å². The molecule has 1 amide bonds. The minimum atomic E-state index is 0.152. The number of carbonyl (C=O) groups excluding carboxylic acids is 1. The first kappa shape index (κ1) is 16.5. The second kappa shape index (κ2) is 10.3. The van der Waals surface area contributed by atoms with Gasteiger partial charge >= 0.3 is 0 Å². The molecule has 0 aliphatic rings. The lowest BCUT2D eigenvalue weighted by Gasteiger charge is -2.19. The molecule has 0 atom stereocenters. The summed E-state index contributed by atoms with van der Waals surface area (Å²) in [5.41, 5.74) is 6.60. The molecule has 0 saturated carbocycles. The Morgan fingerprint density at radius 3 is 2.55 bits per heavy atom. The van der Waals surface area contributed by atoms with Gasteiger partial charge in [0.15, 0.2) is 0 Å². The molecule has 1 aromatic rings. The summed E-state index contributed by atoms with van der Waals surface area (Å²) < 4.78 is 0. The number of rotatable bonds is 10. The molecule has 1 aromatic carbocycles. The molecule has 3 N–H and O–H groups in total. The summed E-state index contributed by atoms with van der Waals surface area (Å²) in [5.74, 6) is 0.152. The fraction of sp³-hybridized carbons (Fsp3) is 0.562. The van der Waals surface area contributed by atoms with Gasteiger partial charge in [0.1, 0.15) is 0 Å². The Hall–Kier alpha value is -1.55. The fourth-order valence-corrected chi connectivity index (χ4v) is 2.05. The lowest BCUT2D eigenvalue weighted by atomic mass is 10.1. The summed E-state index contributed by atoms with van der Waals surface area (Å²) >= 11 is 0. The monoisotopic (exact) mass is 277 g/mol. The minimum absolute atomic E-state index is 0.152. The van der Waals surface area contributed by atoms with Gasteiger partial charge in [-0.15, -0.1) is 0 Å². The number of amides is 1. The molecule has 0 spiro atoms. The Kier molecular flexibility index (Phi) is 8.47. The van der Waals surface area contributed by atoms with Gasteiger partial charge < -0.3 is 16.0 Å². The number of hydrogen-bond acceptors (Lipinski definition) is 3. The van der Waals surface area contributed by atoms with Gasteiger partial charge in [-0.25, -0.2) is 0 Å². The molecule has 0 aromatic heterocycles. The molecule has 0 unspecified atom stereocenters. The molecule has 0 bridgehead atoms. The first-order chi connectivity index (χ1) is 9.74. The van der Waals surface area contributed by atoms with Gasteiger partial charge in [-0.2, -0.15) is 0 Å². The minimum Gasteiger partial charge on any atom is -0.373 e. The quantitative estimate of drug-likeness (QED) is 0.644. The number of hydrogen-bond donors (Lipinski definition) is 2. The van der Waals surface area contributed by atoms with Crippen molar-refractivity contribution in [1.82, 2.24) is 5.32 Å². The van der Waals surface area contributed by atoms with Crippen molar-refractivity contribution in [3.8, 4) is 0 Å². The normalized spacial score (nSPS) is 10.3. The van der Waals surface area contributed by atoms with Crippen molar-refractivity contribution in [1.29, 1.82) is 0 Å². The van der Waals surface area contributed by atoms with Gasteiger partial charge in [-0.05, 0) is 31.5 Å². The molecular weight excluding hydrogens is 250 g/mol. The number of nitrogens with one attached hydrogen (secondary N) is 1. The maximum Gasteiger partial charge on any atom is 0.220 e. The number of carbonyl (C=O) groups is 1. The zero-order chi connectivity index (χ0) is 14.6. The summed E-state index contributed by atoms with van der Waals surface area (Å²) in [4.78, 5) is 13.8. The Balaban J connectivity index is 2.07. The lowest BCUT2D eigenvalue weighted by molar-refractivity contribution is -0.121. The smallest absolute Gasteiger partial charge is 0.220 e. The van der Waals surface area contributed by atoms with Gasteiger partial charge in [0, 0.05) is 32.2 Å². The van der Waals surface area contributed by atoms with E-state index in [0.29, 0.717) is 13.0 Å². The summed E-state index contributed by atoms with van der Waals surface area (Å²) in [6.45, 7) is 2.26. The van der Waals surface area contributed by atoms with Gasteiger partial charge in [-0.1, -0.05) is 31.0 Å². The van der Waals surface area contributed by atoms with Gasteiger partial charge in [-0.3, -0.25) is 4.79 Å². The van der Waals surface area contributed by atoms with Crippen molar-refractivity contribution in [3.63, 3.8) is 0 Å². The highest BCUT2D eigenvalue weighted by Crippen LogP contribution is 2.09. The average molecular weight is 277 g/mol. The van der Waals surface area contributed by atoms with E-state index < -0.39 is 0 Å². The number of nitrogens with zero attached hydrogens (tertiary/aromatic N) is 1. The second-order valence-electron chi connectivity index (χ2n) is 5.06. The highest BCUT2D eigenvalue weighted by molar-refractivity contribution is 5.75. The number of unbranched alkanes of at least 4 members (excludes halogenated alkanes) is 3. The molecule has 1 rings (SSSR count). The van der Waals surface area contributed by atoms with Crippen LogP contribution in [0, 0.1) is 0 Å². The predicted molar refractivity (Wildman–Crippen MR) is 84.9 cm³/mol. The highest BCUT2D eigenvalue weighted by Gasteiger charge is 2.02. The van der Waals surface area contributed by atoms with Crippen LogP contribution >= 0.6 is 0 Å². The molecule has 20 heavy (non-hydrogen) atoms. The first-order valence-electron chi connectivity index (χ1n) is 7.47. The molecule has 0 saturated heterocycles. The van der Waals surface area contributed by atoms with E-state index in [1.54, 1.807) is 0 Å². The van der Waals surface area contributed by atoms with Gasteiger partial charge in [0.25, 0.3) is 0 Å². The molecule has 0 aliphatic carbocycles. The zero-order valence-electron chi connectivity index (χ0n) is 12.5. The summed E-state index contributed by atoms with van der Waals surface area (Å²) in [6.07, 6.45) is 4.86. The Morgan fingerprint density at radius 1 is 1.15 bits per heavy atom. The van der Waals surface area contributed by atoms with E-state index in [9.17, 15) is 4.79 Å². The molecule has 0 aliphatic heterocycles. The topological polar surface area (TPSA) is 58.4 Å². The first-order valence-corrected chi connectivity index (χ1v) is 7.47. The maximum absolute atomic E-state index is 11.6. The van der Waals surface area contributed by atoms with Crippen LogP contribution in [-0.2, 0) is 4.79 Å². The molecular formula is C16H27N3O. The summed E-state index contributed by atoms with van der Waals surface area (Å²) in [7, 11) is 2.04. The number of nitrogens with two attached hydrogens (primary N) is 1. The third kappa shape index (κ3) is 7.14.